The van der Waals surface area contributed by atoms with Crippen molar-refractivity contribution >= 4 is 5.97 Å². The van der Waals surface area contributed by atoms with Crippen LogP contribution in [-0.2, 0) is 11.3 Å². The van der Waals surface area contributed by atoms with Crippen LogP contribution < -0.4 is 4.74 Å². The number of benzene rings is 1. The summed E-state index contributed by atoms with van der Waals surface area (Å²) in [7, 11) is 0. The number of nitrogens with zero attached hydrogens (tertiary/aromatic N) is 2. The highest BCUT2D eigenvalue weighted by Crippen LogP contribution is 2.22. The van der Waals surface area contributed by atoms with Gasteiger partial charge in [-0.1, -0.05) is 18.2 Å². The molecule has 0 aliphatic rings. The van der Waals surface area contributed by atoms with Gasteiger partial charge in [0.2, 0.25) is 0 Å². The summed E-state index contributed by atoms with van der Waals surface area (Å²) in [6, 6.07) is 10.9. The van der Waals surface area contributed by atoms with Crippen LogP contribution in [0.5, 0.6) is 5.75 Å². The molecule has 2 aromatic rings. The van der Waals surface area contributed by atoms with E-state index in [1.807, 2.05) is 44.3 Å². The van der Waals surface area contributed by atoms with Crippen LogP contribution in [0.2, 0.25) is 0 Å². The standard InChI is InChI=1S/C14H16N2O2/c1-14(2,11-16-10-6-9-15-16)13(17)18-12-7-4-3-5-8-12/h3-10H,11H2,1-2H3. The first kappa shape index (κ1) is 12.4. The van der Waals surface area contributed by atoms with Gasteiger partial charge in [-0.15, -0.1) is 0 Å². The minimum Gasteiger partial charge on any atom is -0.426 e. The second-order valence-electron chi connectivity index (χ2n) is 4.79. The van der Waals surface area contributed by atoms with Gasteiger partial charge in [0.1, 0.15) is 5.75 Å². The molecule has 18 heavy (non-hydrogen) atoms. The molecular formula is C14H16N2O2. The van der Waals surface area contributed by atoms with Crippen LogP contribution in [0.4, 0.5) is 0 Å². The molecule has 0 aliphatic carbocycles. The van der Waals surface area contributed by atoms with Crippen LogP contribution in [0.15, 0.2) is 48.8 Å². The van der Waals surface area contributed by atoms with E-state index < -0.39 is 5.41 Å². The molecule has 0 spiro atoms. The van der Waals surface area contributed by atoms with Crippen LogP contribution in [0.3, 0.4) is 0 Å². The number of carbonyl (C=O) groups excluding carboxylic acids is 1. The number of para-hydroxylation sites is 1. The zero-order valence-electron chi connectivity index (χ0n) is 10.5. The maximum Gasteiger partial charge on any atom is 0.318 e. The maximum absolute atomic E-state index is 12.1. The van der Waals surface area contributed by atoms with E-state index in [9.17, 15) is 4.79 Å². The molecule has 4 nitrogen and oxygen atoms in total. The molecule has 0 saturated heterocycles. The molecule has 0 N–H and O–H groups in total. The van der Waals surface area contributed by atoms with Gasteiger partial charge in [0.15, 0.2) is 0 Å². The summed E-state index contributed by atoms with van der Waals surface area (Å²) in [5.74, 6) is 0.306. The molecular weight excluding hydrogens is 228 g/mol. The van der Waals surface area contributed by atoms with Crippen molar-refractivity contribution < 1.29 is 9.53 Å². The molecule has 0 radical (unpaired) electrons. The highest BCUT2D eigenvalue weighted by Gasteiger charge is 2.30. The number of esters is 1. The van der Waals surface area contributed by atoms with Crippen molar-refractivity contribution in [2.75, 3.05) is 0 Å². The van der Waals surface area contributed by atoms with E-state index in [2.05, 4.69) is 5.10 Å². The summed E-state index contributed by atoms with van der Waals surface area (Å²) in [4.78, 5) is 12.1. The average molecular weight is 244 g/mol. The normalized spacial score (nSPS) is 11.2. The Hall–Kier alpha value is -2.10. The largest absolute Gasteiger partial charge is 0.426 e. The molecule has 1 heterocycles. The Bertz CT molecular complexity index is 504. The highest BCUT2D eigenvalue weighted by molar-refractivity contribution is 5.78. The first-order valence-electron chi connectivity index (χ1n) is 5.83. The zero-order chi connectivity index (χ0) is 13.0. The molecule has 2 rings (SSSR count). The van der Waals surface area contributed by atoms with Crippen LogP contribution in [-0.4, -0.2) is 15.7 Å². The lowest BCUT2D eigenvalue weighted by atomic mass is 9.94. The number of aromatic nitrogens is 2. The predicted molar refractivity (Wildman–Crippen MR) is 68.1 cm³/mol. The van der Waals surface area contributed by atoms with Crippen molar-refractivity contribution in [1.29, 1.82) is 0 Å². The van der Waals surface area contributed by atoms with Gasteiger partial charge in [-0.25, -0.2) is 0 Å². The van der Waals surface area contributed by atoms with Gasteiger partial charge in [0.25, 0.3) is 0 Å². The van der Waals surface area contributed by atoms with Crippen molar-refractivity contribution in [1.82, 2.24) is 9.78 Å². The van der Waals surface area contributed by atoms with E-state index in [-0.39, 0.29) is 5.97 Å². The lowest BCUT2D eigenvalue weighted by Crippen LogP contribution is -2.33. The monoisotopic (exact) mass is 244 g/mol. The smallest absolute Gasteiger partial charge is 0.318 e. The average Bonchev–Trinajstić information content (AvgIpc) is 2.82. The van der Waals surface area contributed by atoms with E-state index in [1.54, 1.807) is 23.0 Å². The first-order valence-corrected chi connectivity index (χ1v) is 5.83. The Labute approximate surface area is 106 Å². The van der Waals surface area contributed by atoms with E-state index >= 15 is 0 Å². The zero-order valence-corrected chi connectivity index (χ0v) is 10.5. The first-order chi connectivity index (χ1) is 8.58. The van der Waals surface area contributed by atoms with E-state index in [4.69, 9.17) is 4.74 Å². The molecule has 4 heteroatoms. The minimum atomic E-state index is -0.623. The van der Waals surface area contributed by atoms with Gasteiger partial charge < -0.3 is 4.74 Å². The number of hydrogen-bond acceptors (Lipinski definition) is 3. The molecule has 0 atom stereocenters. The predicted octanol–water partition coefficient (Wildman–Crippen LogP) is 2.51. The van der Waals surface area contributed by atoms with E-state index in [0.717, 1.165) is 0 Å². The van der Waals surface area contributed by atoms with Gasteiger partial charge in [-0.2, -0.15) is 5.10 Å². The van der Waals surface area contributed by atoms with Crippen molar-refractivity contribution in [3.05, 3.63) is 48.8 Å². The van der Waals surface area contributed by atoms with Crippen molar-refractivity contribution in [3.8, 4) is 5.75 Å². The Morgan fingerprint density at radius 1 is 1.28 bits per heavy atom. The fraction of sp³-hybridized carbons (Fsp3) is 0.286. The van der Waals surface area contributed by atoms with Crippen molar-refractivity contribution in [3.63, 3.8) is 0 Å². The number of rotatable bonds is 4. The fourth-order valence-electron chi connectivity index (χ4n) is 1.60. The summed E-state index contributed by atoms with van der Waals surface area (Å²) in [5, 5.41) is 4.10. The third-order valence-corrected chi connectivity index (χ3v) is 2.62. The topological polar surface area (TPSA) is 44.1 Å². The molecule has 0 fully saturated rings. The third-order valence-electron chi connectivity index (χ3n) is 2.62. The third kappa shape index (κ3) is 2.97. The molecule has 0 aliphatic heterocycles. The maximum atomic E-state index is 12.1. The molecule has 0 saturated carbocycles. The number of ether oxygens (including phenoxy) is 1. The molecule has 1 aromatic carbocycles. The quantitative estimate of drug-likeness (QED) is 0.613. The molecule has 0 amide bonds. The fourth-order valence-corrected chi connectivity index (χ4v) is 1.60. The van der Waals surface area contributed by atoms with Gasteiger partial charge in [0, 0.05) is 12.4 Å². The van der Waals surface area contributed by atoms with Crippen LogP contribution in [0.1, 0.15) is 13.8 Å². The second-order valence-corrected chi connectivity index (χ2v) is 4.79. The number of carbonyl (C=O) groups is 1. The summed E-state index contributed by atoms with van der Waals surface area (Å²) < 4.78 is 7.08. The SMILES string of the molecule is CC(C)(Cn1cccn1)C(=O)Oc1ccccc1. The van der Waals surface area contributed by atoms with Gasteiger partial charge in [0.05, 0.1) is 12.0 Å². The highest BCUT2D eigenvalue weighted by atomic mass is 16.5. The summed E-state index contributed by atoms with van der Waals surface area (Å²) in [6.45, 7) is 4.19. The van der Waals surface area contributed by atoms with Crippen LogP contribution in [0, 0.1) is 5.41 Å². The van der Waals surface area contributed by atoms with Crippen molar-refractivity contribution in [2.45, 2.75) is 20.4 Å². The molecule has 94 valence electrons. The number of hydrogen-bond donors (Lipinski definition) is 0. The van der Waals surface area contributed by atoms with Gasteiger partial charge in [-0.05, 0) is 32.0 Å². The Morgan fingerprint density at radius 3 is 2.61 bits per heavy atom. The minimum absolute atomic E-state index is 0.260. The lowest BCUT2D eigenvalue weighted by molar-refractivity contribution is -0.144. The molecule has 1 aromatic heterocycles. The van der Waals surface area contributed by atoms with Crippen molar-refractivity contribution in [2.24, 2.45) is 5.41 Å². The Morgan fingerprint density at radius 2 is 2.00 bits per heavy atom. The Kier molecular flexibility index (Phi) is 3.46. The van der Waals surface area contributed by atoms with Gasteiger partial charge >= 0.3 is 5.97 Å². The van der Waals surface area contributed by atoms with Crippen LogP contribution in [0.25, 0.3) is 0 Å². The van der Waals surface area contributed by atoms with E-state index in [1.165, 1.54) is 0 Å². The summed E-state index contributed by atoms with van der Waals surface area (Å²) in [5.41, 5.74) is -0.623. The molecule has 0 unspecified atom stereocenters. The second kappa shape index (κ2) is 5.04. The summed E-state index contributed by atoms with van der Waals surface area (Å²) in [6.07, 6.45) is 3.52. The lowest BCUT2D eigenvalue weighted by Gasteiger charge is -2.22. The Balaban J connectivity index is 2.03. The summed E-state index contributed by atoms with van der Waals surface area (Å²) >= 11 is 0. The molecule has 0 bridgehead atoms. The van der Waals surface area contributed by atoms with Gasteiger partial charge in [-0.3, -0.25) is 9.48 Å². The van der Waals surface area contributed by atoms with E-state index in [0.29, 0.717) is 12.3 Å². The van der Waals surface area contributed by atoms with Crippen LogP contribution >= 0.6 is 0 Å².